The number of aromatic nitrogens is 1. The summed E-state index contributed by atoms with van der Waals surface area (Å²) < 4.78 is 5.29. The fourth-order valence-electron chi connectivity index (χ4n) is 4.40. The Balaban J connectivity index is 1.57. The predicted molar refractivity (Wildman–Crippen MR) is 151 cm³/mol. The largest absolute Gasteiger partial charge is 0.478 e. The van der Waals surface area contributed by atoms with Crippen LogP contribution in [0.3, 0.4) is 0 Å². The fourth-order valence-corrected chi connectivity index (χ4v) is 4.40. The number of rotatable bonds is 7. The third-order valence-corrected chi connectivity index (χ3v) is 6.33. The number of benzene rings is 3. The molecule has 0 bridgehead atoms. The fraction of sp³-hybridized carbons (Fsp3) is 0.258. The average molecular weight is 528 g/mol. The van der Waals surface area contributed by atoms with Crippen LogP contribution in [0.15, 0.2) is 66.9 Å². The summed E-state index contributed by atoms with van der Waals surface area (Å²) >= 11 is 0. The molecule has 4 aromatic rings. The van der Waals surface area contributed by atoms with Crippen LogP contribution in [0, 0.1) is 6.92 Å². The minimum absolute atomic E-state index is 0.178. The van der Waals surface area contributed by atoms with Gasteiger partial charge >= 0.3 is 12.1 Å². The van der Waals surface area contributed by atoms with E-state index in [9.17, 15) is 19.5 Å². The lowest BCUT2D eigenvalue weighted by atomic mass is 9.95. The summed E-state index contributed by atoms with van der Waals surface area (Å²) in [6.45, 7) is 9.41. The second kappa shape index (κ2) is 11.0. The Hall–Kier alpha value is -4.59. The Kier molecular flexibility index (Phi) is 7.76. The maximum absolute atomic E-state index is 13.4. The second-order valence-electron chi connectivity index (χ2n) is 10.6. The van der Waals surface area contributed by atoms with Crippen molar-refractivity contribution in [1.82, 2.24) is 15.6 Å². The lowest BCUT2D eigenvalue weighted by molar-refractivity contribution is 0.0522. The highest BCUT2D eigenvalue weighted by molar-refractivity contribution is 5.97. The average Bonchev–Trinajstić information content (AvgIpc) is 3.37. The van der Waals surface area contributed by atoms with Gasteiger partial charge in [0.1, 0.15) is 5.60 Å². The van der Waals surface area contributed by atoms with E-state index < -0.39 is 17.7 Å². The lowest BCUT2D eigenvalue weighted by Crippen LogP contribution is -2.32. The summed E-state index contributed by atoms with van der Waals surface area (Å²) in [5.41, 5.74) is 4.09. The first-order chi connectivity index (χ1) is 18.4. The topological polar surface area (TPSA) is 121 Å². The van der Waals surface area contributed by atoms with E-state index in [1.165, 1.54) is 6.20 Å². The molecule has 8 nitrogen and oxygen atoms in total. The lowest BCUT2D eigenvalue weighted by Gasteiger charge is -2.20. The van der Waals surface area contributed by atoms with Crippen LogP contribution in [0.1, 0.15) is 71.1 Å². The summed E-state index contributed by atoms with van der Waals surface area (Å²) in [5.74, 6) is -1.24. The zero-order valence-corrected chi connectivity index (χ0v) is 22.7. The number of carbonyl (C=O) groups is 3. The van der Waals surface area contributed by atoms with E-state index in [4.69, 9.17) is 4.74 Å². The van der Waals surface area contributed by atoms with E-state index in [1.54, 1.807) is 32.9 Å². The van der Waals surface area contributed by atoms with Gasteiger partial charge in [0, 0.05) is 24.0 Å². The highest BCUT2D eigenvalue weighted by Gasteiger charge is 2.19. The first kappa shape index (κ1) is 27.4. The van der Waals surface area contributed by atoms with E-state index in [1.807, 2.05) is 62.4 Å². The molecule has 3 aromatic carbocycles. The number of aromatic amines is 1. The zero-order chi connectivity index (χ0) is 28.3. The number of aromatic carboxylic acids is 1. The number of hydrogen-bond donors (Lipinski definition) is 4. The maximum atomic E-state index is 13.4. The van der Waals surface area contributed by atoms with Gasteiger partial charge in [0.2, 0.25) is 0 Å². The SMILES string of the molecule is Cc1ccc(CNC(=O)OC(C)(C)C)cc1C(=O)NC(C)c1cc(-c2cc(C(=O)O)c[nH]2)cc2ccccc12. The highest BCUT2D eigenvalue weighted by Crippen LogP contribution is 2.31. The maximum Gasteiger partial charge on any atom is 0.407 e. The standard InChI is InChI=1S/C31H33N3O5/c1-18-10-11-20(16-33-30(38)39-31(3,4)5)12-25(18)28(35)34-19(2)26-14-22(13-21-8-6-7-9-24(21)26)27-15-23(17-32-27)29(36)37/h6-15,17,19,32H,16H2,1-5H3,(H,33,38)(H,34,35)(H,36,37). The van der Waals surface area contributed by atoms with Crippen molar-refractivity contribution < 1.29 is 24.2 Å². The number of carboxylic acid groups (broad SMARTS) is 1. The van der Waals surface area contributed by atoms with Crippen LogP contribution < -0.4 is 10.6 Å². The van der Waals surface area contributed by atoms with Crippen LogP contribution in [0.2, 0.25) is 0 Å². The predicted octanol–water partition coefficient (Wildman–Crippen LogP) is 6.36. The summed E-state index contributed by atoms with van der Waals surface area (Å²) in [7, 11) is 0. The number of hydrogen-bond acceptors (Lipinski definition) is 4. The molecule has 0 saturated heterocycles. The third-order valence-electron chi connectivity index (χ3n) is 6.33. The van der Waals surface area contributed by atoms with Gasteiger partial charge in [0.25, 0.3) is 5.91 Å². The van der Waals surface area contributed by atoms with Crippen molar-refractivity contribution in [2.75, 3.05) is 0 Å². The molecule has 1 unspecified atom stereocenters. The van der Waals surface area contributed by atoms with Crippen LogP contribution in [0.4, 0.5) is 4.79 Å². The molecule has 1 atom stereocenters. The monoisotopic (exact) mass is 527 g/mol. The Morgan fingerprint density at radius 3 is 2.46 bits per heavy atom. The molecule has 0 spiro atoms. The van der Waals surface area contributed by atoms with Crippen molar-refractivity contribution in [2.45, 2.75) is 52.8 Å². The van der Waals surface area contributed by atoms with Gasteiger partial charge in [-0.1, -0.05) is 36.4 Å². The molecule has 0 aliphatic rings. The van der Waals surface area contributed by atoms with Crippen molar-refractivity contribution >= 4 is 28.7 Å². The van der Waals surface area contributed by atoms with E-state index in [0.29, 0.717) is 11.3 Å². The summed E-state index contributed by atoms with van der Waals surface area (Å²) in [5, 5.41) is 17.1. The minimum Gasteiger partial charge on any atom is -0.478 e. The molecule has 202 valence electrons. The summed E-state index contributed by atoms with van der Waals surface area (Å²) in [4.78, 5) is 39.9. The van der Waals surface area contributed by atoms with E-state index in [0.717, 1.165) is 33.0 Å². The molecule has 1 heterocycles. The zero-order valence-electron chi connectivity index (χ0n) is 22.7. The quantitative estimate of drug-likeness (QED) is 0.223. The molecule has 0 radical (unpaired) electrons. The molecule has 4 rings (SSSR count). The van der Waals surface area contributed by atoms with Gasteiger partial charge in [0.05, 0.1) is 11.6 Å². The Morgan fingerprint density at radius 2 is 1.77 bits per heavy atom. The Bertz CT molecular complexity index is 1550. The Morgan fingerprint density at radius 1 is 1.03 bits per heavy atom. The third kappa shape index (κ3) is 6.65. The van der Waals surface area contributed by atoms with Crippen LogP contribution in [0.5, 0.6) is 0 Å². The molecule has 0 aliphatic heterocycles. The van der Waals surface area contributed by atoms with Gasteiger partial charge in [-0.25, -0.2) is 9.59 Å². The van der Waals surface area contributed by atoms with Crippen LogP contribution in [0.25, 0.3) is 22.0 Å². The number of carboxylic acids is 1. The van der Waals surface area contributed by atoms with Crippen molar-refractivity contribution in [3.63, 3.8) is 0 Å². The molecule has 0 saturated carbocycles. The number of carbonyl (C=O) groups excluding carboxylic acids is 2. The van der Waals surface area contributed by atoms with Gasteiger partial charge in [0.15, 0.2) is 0 Å². The van der Waals surface area contributed by atoms with Gasteiger partial charge in [-0.15, -0.1) is 0 Å². The smallest absolute Gasteiger partial charge is 0.407 e. The van der Waals surface area contributed by atoms with E-state index in [-0.39, 0.29) is 24.1 Å². The van der Waals surface area contributed by atoms with E-state index in [2.05, 4.69) is 15.6 Å². The molecular weight excluding hydrogens is 494 g/mol. The number of alkyl carbamates (subject to hydrolysis) is 1. The second-order valence-corrected chi connectivity index (χ2v) is 10.6. The van der Waals surface area contributed by atoms with Gasteiger partial charge in [-0.3, -0.25) is 4.79 Å². The van der Waals surface area contributed by atoms with Crippen LogP contribution in [-0.4, -0.2) is 33.7 Å². The number of H-pyrrole nitrogens is 1. The van der Waals surface area contributed by atoms with Crippen molar-refractivity contribution in [1.29, 1.82) is 0 Å². The number of aryl methyl sites for hydroxylation is 1. The molecule has 0 fully saturated rings. The molecule has 2 amide bonds. The molecule has 4 N–H and O–H groups in total. The number of nitrogens with one attached hydrogen (secondary N) is 3. The molecule has 0 aliphatic carbocycles. The van der Waals surface area contributed by atoms with Gasteiger partial charge in [-0.2, -0.15) is 0 Å². The summed E-state index contributed by atoms with van der Waals surface area (Å²) in [6, 6.07) is 18.6. The number of fused-ring (bicyclic) bond motifs is 1. The highest BCUT2D eigenvalue weighted by atomic mass is 16.6. The molecule has 39 heavy (non-hydrogen) atoms. The van der Waals surface area contributed by atoms with Gasteiger partial charge in [-0.05, 0) is 91.9 Å². The van der Waals surface area contributed by atoms with E-state index >= 15 is 0 Å². The number of ether oxygens (including phenoxy) is 1. The molecule has 1 aromatic heterocycles. The summed E-state index contributed by atoms with van der Waals surface area (Å²) in [6.07, 6.45) is 0.942. The molecule has 8 heteroatoms. The van der Waals surface area contributed by atoms with Gasteiger partial charge < -0.3 is 25.5 Å². The first-order valence-electron chi connectivity index (χ1n) is 12.7. The minimum atomic E-state index is -1.00. The molecular formula is C31H33N3O5. The van der Waals surface area contributed by atoms with Crippen molar-refractivity contribution in [3.8, 4) is 11.3 Å². The first-order valence-corrected chi connectivity index (χ1v) is 12.7. The van der Waals surface area contributed by atoms with Crippen molar-refractivity contribution in [2.24, 2.45) is 0 Å². The van der Waals surface area contributed by atoms with Crippen molar-refractivity contribution in [3.05, 3.63) is 94.7 Å². The Labute approximate surface area is 227 Å². The van der Waals surface area contributed by atoms with Crippen LogP contribution >= 0.6 is 0 Å². The van der Waals surface area contributed by atoms with Crippen LogP contribution in [-0.2, 0) is 11.3 Å². The normalized spacial score (nSPS) is 12.1. The number of amides is 2.